The predicted octanol–water partition coefficient (Wildman–Crippen LogP) is 11.8. The van der Waals surface area contributed by atoms with Crippen LogP contribution in [0.4, 0.5) is 0 Å². The lowest BCUT2D eigenvalue weighted by molar-refractivity contribution is 1.14. The van der Waals surface area contributed by atoms with Crippen LogP contribution < -0.4 is 0 Å². The number of hydrogen-bond donors (Lipinski definition) is 0. The molecular formula is C44H28N2. The fraction of sp³-hybridized carbons (Fsp3) is 0. The van der Waals surface area contributed by atoms with Crippen LogP contribution in [0.2, 0.25) is 0 Å². The highest BCUT2D eigenvalue weighted by atomic mass is 15.0. The van der Waals surface area contributed by atoms with E-state index in [1.54, 1.807) is 0 Å². The molecular weight excluding hydrogens is 556 g/mol. The summed E-state index contributed by atoms with van der Waals surface area (Å²) in [6.07, 6.45) is 0. The molecule has 0 saturated carbocycles. The Morgan fingerprint density at radius 3 is 1.07 bits per heavy atom. The minimum Gasteiger partial charge on any atom is -0.309 e. The molecule has 0 radical (unpaired) electrons. The van der Waals surface area contributed by atoms with E-state index in [0.29, 0.717) is 0 Å². The van der Waals surface area contributed by atoms with Crippen LogP contribution in [0.3, 0.4) is 0 Å². The van der Waals surface area contributed by atoms with Crippen LogP contribution in [0, 0.1) is 0 Å². The van der Waals surface area contributed by atoms with Crippen LogP contribution >= 0.6 is 0 Å². The largest absolute Gasteiger partial charge is 0.309 e. The molecule has 0 fully saturated rings. The molecule has 2 nitrogen and oxygen atoms in total. The number of nitrogens with zero attached hydrogens (tertiary/aromatic N) is 2. The molecule has 0 N–H and O–H groups in total. The molecule has 8 aromatic carbocycles. The quantitative estimate of drug-likeness (QED) is 0.144. The minimum atomic E-state index is 1.16. The third-order valence-electron chi connectivity index (χ3n) is 9.68. The molecule has 0 aromatic heterocycles. The van der Waals surface area contributed by atoms with Crippen molar-refractivity contribution in [2.75, 3.05) is 0 Å². The van der Waals surface area contributed by atoms with Gasteiger partial charge in [0.25, 0.3) is 0 Å². The first-order chi connectivity index (χ1) is 22.8. The Morgan fingerprint density at radius 2 is 0.652 bits per heavy atom. The zero-order chi connectivity index (χ0) is 30.2. The summed E-state index contributed by atoms with van der Waals surface area (Å²) in [6, 6.07) is 61.9. The Labute approximate surface area is 266 Å². The molecule has 46 heavy (non-hydrogen) atoms. The summed E-state index contributed by atoms with van der Waals surface area (Å²) in [5.74, 6) is 0. The third-order valence-corrected chi connectivity index (χ3v) is 9.68. The van der Waals surface area contributed by atoms with Crippen molar-refractivity contribution in [3.63, 3.8) is 0 Å². The fourth-order valence-electron chi connectivity index (χ4n) is 7.63. The van der Waals surface area contributed by atoms with Crippen molar-refractivity contribution in [2.24, 2.45) is 0 Å². The predicted molar refractivity (Wildman–Crippen MR) is 194 cm³/mol. The van der Waals surface area contributed by atoms with Crippen molar-refractivity contribution in [2.45, 2.75) is 0 Å². The van der Waals surface area contributed by atoms with Gasteiger partial charge in [0.15, 0.2) is 0 Å². The van der Waals surface area contributed by atoms with Crippen molar-refractivity contribution < 1.29 is 0 Å². The summed E-state index contributed by atoms with van der Waals surface area (Å²) >= 11 is 0. The van der Waals surface area contributed by atoms with Gasteiger partial charge in [0.2, 0.25) is 0 Å². The molecule has 2 heterocycles. The molecule has 0 atom stereocenters. The van der Waals surface area contributed by atoms with Crippen LogP contribution in [0.25, 0.3) is 88.4 Å². The zero-order valence-electron chi connectivity index (χ0n) is 25.1. The molecule has 0 saturated heterocycles. The number of hydrogen-bond acceptors (Lipinski definition) is 0. The monoisotopic (exact) mass is 584 g/mol. The zero-order valence-corrected chi connectivity index (χ0v) is 25.1. The average Bonchev–Trinajstić information content (AvgIpc) is 3.13. The van der Waals surface area contributed by atoms with E-state index < -0.39 is 0 Å². The highest BCUT2D eigenvalue weighted by Crippen LogP contribution is 2.49. The van der Waals surface area contributed by atoms with Crippen LogP contribution in [-0.4, -0.2) is 9.13 Å². The van der Waals surface area contributed by atoms with Gasteiger partial charge in [-0.2, -0.15) is 0 Å². The molecule has 2 heteroatoms. The molecule has 2 aliphatic heterocycles. The van der Waals surface area contributed by atoms with Gasteiger partial charge in [0.1, 0.15) is 0 Å². The van der Waals surface area contributed by atoms with Gasteiger partial charge in [0.05, 0.1) is 22.1 Å². The molecule has 0 amide bonds. The second-order valence-electron chi connectivity index (χ2n) is 12.2. The van der Waals surface area contributed by atoms with E-state index in [9.17, 15) is 0 Å². The van der Waals surface area contributed by atoms with E-state index in [4.69, 9.17) is 0 Å². The number of rotatable bonds is 4. The highest BCUT2D eigenvalue weighted by molar-refractivity contribution is 6.26. The first-order valence-corrected chi connectivity index (χ1v) is 15.9. The topological polar surface area (TPSA) is 9.86 Å². The Balaban J connectivity index is 1.29. The van der Waals surface area contributed by atoms with Crippen molar-refractivity contribution in [3.8, 4) is 44.8 Å². The smallest absolute Gasteiger partial charge is 0.0548 e. The third kappa shape index (κ3) is 3.59. The van der Waals surface area contributed by atoms with Crippen LogP contribution in [0.1, 0.15) is 0 Å². The van der Waals surface area contributed by atoms with Crippen LogP contribution in [0.15, 0.2) is 170 Å². The Kier molecular flexibility index (Phi) is 5.31. The molecule has 0 unspecified atom stereocenters. The second kappa shape index (κ2) is 9.69. The normalized spacial score (nSPS) is 11.9. The average molecular weight is 585 g/mol. The second-order valence-corrected chi connectivity index (χ2v) is 12.2. The molecule has 214 valence electrons. The molecule has 10 rings (SSSR count). The van der Waals surface area contributed by atoms with E-state index in [1.165, 1.54) is 77.0 Å². The number of pyridine rings is 2. The SMILES string of the molecule is c1ccc(-c2ccc(-n3c4ccc5cccc6c5c4-c4c5c(cccc53)ccc4n6-c3ccc(-c4ccccc4)cc3)cc2)cc1. The lowest BCUT2D eigenvalue weighted by Crippen LogP contribution is -2.09. The van der Waals surface area contributed by atoms with Gasteiger partial charge < -0.3 is 9.13 Å². The van der Waals surface area contributed by atoms with E-state index in [-0.39, 0.29) is 0 Å². The van der Waals surface area contributed by atoms with Crippen molar-refractivity contribution in [1.82, 2.24) is 9.13 Å². The summed E-state index contributed by atoms with van der Waals surface area (Å²) in [6.45, 7) is 0. The van der Waals surface area contributed by atoms with Gasteiger partial charge in [-0.05, 0) is 81.6 Å². The van der Waals surface area contributed by atoms with E-state index >= 15 is 0 Å². The van der Waals surface area contributed by atoms with Gasteiger partial charge in [-0.3, -0.25) is 0 Å². The van der Waals surface area contributed by atoms with Crippen molar-refractivity contribution >= 4 is 43.6 Å². The van der Waals surface area contributed by atoms with E-state index in [0.717, 1.165) is 11.4 Å². The fourth-order valence-corrected chi connectivity index (χ4v) is 7.63. The van der Waals surface area contributed by atoms with Crippen molar-refractivity contribution in [3.05, 3.63) is 170 Å². The first kappa shape index (κ1) is 25.2. The summed E-state index contributed by atoms with van der Waals surface area (Å²) in [5, 5.41) is 5.10. The van der Waals surface area contributed by atoms with Gasteiger partial charge in [-0.25, -0.2) is 0 Å². The summed E-state index contributed by atoms with van der Waals surface area (Å²) < 4.78 is 4.92. The van der Waals surface area contributed by atoms with Crippen LogP contribution in [-0.2, 0) is 0 Å². The minimum absolute atomic E-state index is 1.16. The molecule has 0 spiro atoms. The maximum atomic E-state index is 2.46. The highest BCUT2D eigenvalue weighted by Gasteiger charge is 2.26. The molecule has 2 aliphatic rings. The van der Waals surface area contributed by atoms with Crippen LogP contribution in [0.5, 0.6) is 0 Å². The maximum Gasteiger partial charge on any atom is 0.0548 e. The summed E-state index contributed by atoms with van der Waals surface area (Å²) in [4.78, 5) is 0. The number of aromatic nitrogens is 2. The Hall–Kier alpha value is -6.12. The van der Waals surface area contributed by atoms with Crippen molar-refractivity contribution in [1.29, 1.82) is 0 Å². The van der Waals surface area contributed by atoms with Gasteiger partial charge in [-0.15, -0.1) is 0 Å². The van der Waals surface area contributed by atoms with E-state index in [1.807, 2.05) is 0 Å². The Bertz CT molecular complexity index is 2450. The van der Waals surface area contributed by atoms with Gasteiger partial charge in [-0.1, -0.05) is 121 Å². The summed E-state index contributed by atoms with van der Waals surface area (Å²) in [7, 11) is 0. The molecule has 0 bridgehead atoms. The lowest BCUT2D eigenvalue weighted by Gasteiger charge is -2.29. The van der Waals surface area contributed by atoms with Gasteiger partial charge >= 0.3 is 0 Å². The van der Waals surface area contributed by atoms with Gasteiger partial charge in [0, 0.05) is 33.3 Å². The Morgan fingerprint density at radius 1 is 0.261 bits per heavy atom. The lowest BCUT2D eigenvalue weighted by atomic mass is 9.87. The standard InChI is InChI=1S/C44H28N2/c1-3-9-29(10-4-1)31-17-23-35(24-18-31)45-37-15-7-13-33-22-28-40-44(41(33)37)43-39(45)27-21-34-14-8-16-38(42(34)43)46(40)36-25-19-32(20-26-36)30-11-5-2-6-12-30/h1-28H. The first-order valence-electron chi connectivity index (χ1n) is 15.9. The maximum absolute atomic E-state index is 2.46. The summed E-state index contributed by atoms with van der Waals surface area (Å²) in [5.41, 5.74) is 14.7. The molecule has 8 aromatic rings. The van der Waals surface area contributed by atoms with E-state index in [2.05, 4.69) is 179 Å². The molecule has 0 aliphatic carbocycles. The number of benzene rings is 8.